The Morgan fingerprint density at radius 2 is 2.06 bits per heavy atom. The molecule has 2 atom stereocenters. The van der Waals surface area contributed by atoms with Crippen LogP contribution in [0, 0.1) is 0 Å². The summed E-state index contributed by atoms with van der Waals surface area (Å²) in [5.74, 6) is -2.44. The minimum absolute atomic E-state index is 0.185. The highest BCUT2D eigenvalue weighted by Crippen LogP contribution is 2.46. The number of β-amino-alcohol motifs (C(OH)–C–C–N with tert-alkyl or cyclic N) is 1. The topological polar surface area (TPSA) is 96.8 Å². The van der Waals surface area contributed by atoms with Crippen LogP contribution < -0.4 is 15.0 Å². The van der Waals surface area contributed by atoms with Gasteiger partial charge in [-0.1, -0.05) is 12.1 Å². The highest BCUT2D eigenvalue weighted by atomic mass is 19.3. The molecule has 2 aromatic rings. The summed E-state index contributed by atoms with van der Waals surface area (Å²) in [4.78, 5) is 22.7. The van der Waals surface area contributed by atoms with Gasteiger partial charge >= 0.3 is 0 Å². The van der Waals surface area contributed by atoms with E-state index in [-0.39, 0.29) is 37.0 Å². The molecule has 1 amide bonds. The second-order valence-corrected chi connectivity index (χ2v) is 8.99. The Bertz CT molecular complexity index is 1140. The third kappa shape index (κ3) is 2.82. The molecule has 1 aromatic heterocycles. The Labute approximate surface area is 182 Å². The summed E-state index contributed by atoms with van der Waals surface area (Å²) in [6.07, 6.45) is -1.14. The highest BCUT2D eigenvalue weighted by molar-refractivity contribution is 5.82. The Hall–Kier alpha value is -2.85. The number of fused-ring (bicyclic) bond motifs is 3. The van der Waals surface area contributed by atoms with Crippen molar-refractivity contribution in [2.24, 2.45) is 0 Å². The largest absolute Gasteiger partial charge is 0.490 e. The first kappa shape index (κ1) is 19.8. The number of benzene rings is 1. The standard InChI is InChI=1S/C22H22F2N4O4/c1-11-19(30)27-21(9-31-11)10-32-16-6-12(2-3-15(16)21)17-14-4-5-22(23,24)18(14)26-20(25-17)28-7-13(29)8-28/h2-3,6,11,13,29H,4-5,7-10H2,1H3,(H,27,30). The van der Waals surface area contributed by atoms with E-state index in [4.69, 9.17) is 9.47 Å². The molecule has 2 saturated heterocycles. The van der Waals surface area contributed by atoms with E-state index in [2.05, 4.69) is 15.3 Å². The number of amides is 1. The number of anilines is 1. The van der Waals surface area contributed by atoms with E-state index < -0.39 is 23.7 Å². The van der Waals surface area contributed by atoms with Crippen LogP contribution >= 0.6 is 0 Å². The Morgan fingerprint density at radius 1 is 1.25 bits per heavy atom. The number of hydrogen-bond donors (Lipinski definition) is 2. The zero-order chi connectivity index (χ0) is 22.3. The van der Waals surface area contributed by atoms with E-state index in [1.54, 1.807) is 17.9 Å². The van der Waals surface area contributed by atoms with Crippen LogP contribution in [-0.2, 0) is 27.4 Å². The summed E-state index contributed by atoms with van der Waals surface area (Å²) in [5, 5.41) is 12.6. The Balaban J connectivity index is 1.42. The molecule has 4 heterocycles. The molecule has 0 radical (unpaired) electrons. The average molecular weight is 444 g/mol. The van der Waals surface area contributed by atoms with Crippen molar-refractivity contribution in [2.75, 3.05) is 31.2 Å². The summed E-state index contributed by atoms with van der Waals surface area (Å²) in [5.41, 5.74) is 1.35. The van der Waals surface area contributed by atoms with Gasteiger partial charge in [-0.05, 0) is 19.4 Å². The molecule has 3 aliphatic heterocycles. The zero-order valence-corrected chi connectivity index (χ0v) is 17.4. The number of aliphatic hydroxyl groups excluding tert-OH is 1. The summed E-state index contributed by atoms with van der Waals surface area (Å²) in [6.45, 7) is 2.86. The smallest absolute Gasteiger partial charge is 0.290 e. The number of hydrogen-bond acceptors (Lipinski definition) is 7. The molecule has 0 bridgehead atoms. The van der Waals surface area contributed by atoms with Crippen LogP contribution in [0.1, 0.15) is 30.2 Å². The van der Waals surface area contributed by atoms with Gasteiger partial charge in [0.1, 0.15) is 29.7 Å². The SMILES string of the molecule is CC1OCC2(COc3cc(-c4nc(N5CC(O)C5)nc5c4CCC5(F)F)ccc32)NC1=O. The van der Waals surface area contributed by atoms with E-state index in [1.165, 1.54) is 0 Å². The normalized spacial score (nSPS) is 28.2. The quantitative estimate of drug-likeness (QED) is 0.724. The number of halogens is 2. The van der Waals surface area contributed by atoms with Crippen LogP contribution in [0.2, 0.25) is 0 Å². The lowest BCUT2D eigenvalue weighted by atomic mass is 9.90. The zero-order valence-electron chi connectivity index (χ0n) is 17.4. The molecule has 4 aliphatic rings. The number of rotatable bonds is 2. The van der Waals surface area contributed by atoms with Gasteiger partial charge in [-0.2, -0.15) is 8.78 Å². The molecule has 0 saturated carbocycles. The minimum Gasteiger partial charge on any atom is -0.490 e. The number of morpholine rings is 1. The van der Waals surface area contributed by atoms with Gasteiger partial charge in [0.05, 0.1) is 18.4 Å². The molecule has 2 fully saturated rings. The Morgan fingerprint density at radius 3 is 2.81 bits per heavy atom. The van der Waals surface area contributed by atoms with E-state index in [9.17, 15) is 18.7 Å². The fourth-order valence-corrected chi connectivity index (χ4v) is 4.81. The second kappa shape index (κ2) is 6.58. The molecule has 2 unspecified atom stereocenters. The fourth-order valence-electron chi connectivity index (χ4n) is 4.81. The van der Waals surface area contributed by atoms with Crippen LogP contribution in [0.25, 0.3) is 11.3 Å². The van der Waals surface area contributed by atoms with Crippen LogP contribution in [0.3, 0.4) is 0 Å². The number of carbonyl (C=O) groups excluding carboxylic acids is 1. The maximum atomic E-state index is 14.6. The van der Waals surface area contributed by atoms with Gasteiger partial charge in [-0.25, -0.2) is 9.97 Å². The van der Waals surface area contributed by atoms with Gasteiger partial charge in [0.2, 0.25) is 11.9 Å². The third-order valence-electron chi connectivity index (χ3n) is 6.73. The van der Waals surface area contributed by atoms with Gasteiger partial charge in [0.25, 0.3) is 5.92 Å². The van der Waals surface area contributed by atoms with Crippen LogP contribution in [0.15, 0.2) is 18.2 Å². The molecule has 168 valence electrons. The number of nitrogens with zero attached hydrogens (tertiary/aromatic N) is 3. The predicted octanol–water partition coefficient (Wildman–Crippen LogP) is 1.49. The van der Waals surface area contributed by atoms with E-state index in [0.29, 0.717) is 42.3 Å². The van der Waals surface area contributed by atoms with Crippen molar-refractivity contribution >= 4 is 11.9 Å². The van der Waals surface area contributed by atoms with Crippen molar-refractivity contribution in [1.82, 2.24) is 15.3 Å². The Kier molecular flexibility index (Phi) is 4.07. The predicted molar refractivity (Wildman–Crippen MR) is 109 cm³/mol. The lowest BCUT2D eigenvalue weighted by Gasteiger charge is -2.36. The monoisotopic (exact) mass is 444 g/mol. The number of aliphatic hydroxyl groups is 1. The van der Waals surface area contributed by atoms with Gasteiger partial charge in [-0.15, -0.1) is 0 Å². The van der Waals surface area contributed by atoms with Crippen molar-refractivity contribution in [3.63, 3.8) is 0 Å². The molecule has 1 aromatic carbocycles. The highest BCUT2D eigenvalue weighted by Gasteiger charge is 2.47. The summed E-state index contributed by atoms with van der Waals surface area (Å²) in [7, 11) is 0. The summed E-state index contributed by atoms with van der Waals surface area (Å²) >= 11 is 0. The molecule has 1 spiro atoms. The van der Waals surface area contributed by atoms with Gasteiger partial charge in [0.15, 0.2) is 0 Å². The number of alkyl halides is 2. The molecule has 2 N–H and O–H groups in total. The van der Waals surface area contributed by atoms with E-state index in [1.807, 2.05) is 12.1 Å². The lowest BCUT2D eigenvalue weighted by Crippen LogP contribution is -2.58. The number of aromatic nitrogens is 2. The molecule has 10 heteroatoms. The molecular weight excluding hydrogens is 422 g/mol. The van der Waals surface area contributed by atoms with Gasteiger partial charge < -0.3 is 24.8 Å². The second-order valence-electron chi connectivity index (χ2n) is 8.99. The molecular formula is C22H22F2N4O4. The van der Waals surface area contributed by atoms with Gasteiger partial charge in [0, 0.05) is 36.2 Å². The van der Waals surface area contributed by atoms with Gasteiger partial charge in [-0.3, -0.25) is 4.79 Å². The van der Waals surface area contributed by atoms with Crippen molar-refractivity contribution in [3.8, 4) is 17.0 Å². The molecule has 1 aliphatic carbocycles. The first-order chi connectivity index (χ1) is 15.3. The number of nitrogens with one attached hydrogen (secondary N) is 1. The first-order valence-electron chi connectivity index (χ1n) is 10.7. The average Bonchev–Trinajstić information content (AvgIpc) is 3.25. The van der Waals surface area contributed by atoms with E-state index in [0.717, 1.165) is 5.56 Å². The summed E-state index contributed by atoms with van der Waals surface area (Å²) < 4.78 is 40.7. The van der Waals surface area contributed by atoms with E-state index >= 15 is 0 Å². The fraction of sp³-hybridized carbons (Fsp3) is 0.500. The van der Waals surface area contributed by atoms with Crippen molar-refractivity contribution in [1.29, 1.82) is 0 Å². The first-order valence-corrected chi connectivity index (χ1v) is 10.7. The third-order valence-corrected chi connectivity index (χ3v) is 6.73. The molecule has 8 nitrogen and oxygen atoms in total. The summed E-state index contributed by atoms with van der Waals surface area (Å²) in [6, 6.07) is 5.43. The van der Waals surface area contributed by atoms with Crippen LogP contribution in [0.5, 0.6) is 5.75 Å². The van der Waals surface area contributed by atoms with Crippen molar-refractivity contribution in [2.45, 2.75) is 43.4 Å². The molecule has 6 rings (SSSR count). The van der Waals surface area contributed by atoms with Crippen molar-refractivity contribution in [3.05, 3.63) is 35.0 Å². The lowest BCUT2D eigenvalue weighted by molar-refractivity contribution is -0.145. The maximum absolute atomic E-state index is 14.6. The number of carbonyl (C=O) groups is 1. The maximum Gasteiger partial charge on any atom is 0.290 e. The number of ether oxygens (including phenoxy) is 2. The molecule has 32 heavy (non-hydrogen) atoms. The minimum atomic E-state index is -3.01. The van der Waals surface area contributed by atoms with Crippen molar-refractivity contribution < 1.29 is 28.2 Å². The van der Waals surface area contributed by atoms with Crippen LogP contribution in [-0.4, -0.2) is 59.5 Å². The van der Waals surface area contributed by atoms with Crippen LogP contribution in [0.4, 0.5) is 14.7 Å².